The molecular formula is C25H20Cl2N4O2S. The van der Waals surface area contributed by atoms with Crippen molar-refractivity contribution in [2.75, 3.05) is 5.32 Å². The molecule has 0 saturated carbocycles. The third-order valence-electron chi connectivity index (χ3n) is 4.98. The summed E-state index contributed by atoms with van der Waals surface area (Å²) in [6.07, 6.45) is 0.291. The summed E-state index contributed by atoms with van der Waals surface area (Å²) in [6, 6.07) is 24.7. The molecule has 172 valence electrons. The third-order valence-corrected chi connectivity index (χ3v) is 6.57. The van der Waals surface area contributed by atoms with Crippen LogP contribution in [0.1, 0.15) is 16.5 Å². The van der Waals surface area contributed by atoms with E-state index in [1.165, 1.54) is 11.3 Å². The largest absolute Gasteiger partial charge is 0.342 e. The Bertz CT molecular complexity index is 1250. The Balaban J connectivity index is 1.49. The van der Waals surface area contributed by atoms with Crippen LogP contribution in [0.15, 0.2) is 84.9 Å². The first-order valence-corrected chi connectivity index (χ1v) is 12.1. The molecule has 2 amide bonds. The lowest BCUT2D eigenvalue weighted by Gasteiger charge is -2.20. The maximum Gasteiger partial charge on any atom is 0.249 e. The van der Waals surface area contributed by atoms with Crippen molar-refractivity contribution in [3.63, 3.8) is 0 Å². The van der Waals surface area contributed by atoms with E-state index < -0.39 is 23.2 Å². The second-order valence-electron chi connectivity index (χ2n) is 7.43. The highest BCUT2D eigenvalue weighted by atomic mass is 35.5. The second-order valence-corrected chi connectivity index (χ2v) is 9.28. The predicted octanol–water partition coefficient (Wildman–Crippen LogP) is 5.50. The lowest BCUT2D eigenvalue weighted by Crippen LogP contribution is -2.46. The predicted molar refractivity (Wildman–Crippen MR) is 136 cm³/mol. The monoisotopic (exact) mass is 510 g/mol. The van der Waals surface area contributed by atoms with Crippen LogP contribution < -0.4 is 10.6 Å². The van der Waals surface area contributed by atoms with Crippen LogP contribution in [0.5, 0.6) is 0 Å². The molecule has 0 aliphatic rings. The summed E-state index contributed by atoms with van der Waals surface area (Å²) in [5.41, 5.74) is 2.38. The maximum absolute atomic E-state index is 13.2. The summed E-state index contributed by atoms with van der Waals surface area (Å²) in [5.74, 6) is -0.865. The summed E-state index contributed by atoms with van der Waals surface area (Å²) in [6.45, 7) is 0. The highest BCUT2D eigenvalue weighted by Gasteiger charge is 2.26. The summed E-state index contributed by atoms with van der Waals surface area (Å²) in [5, 5.41) is 14.4. The molecule has 4 aromatic rings. The van der Waals surface area contributed by atoms with Gasteiger partial charge in [-0.05, 0) is 23.3 Å². The van der Waals surface area contributed by atoms with Gasteiger partial charge < -0.3 is 5.32 Å². The number of nitrogens with zero attached hydrogens (tertiary/aromatic N) is 2. The molecule has 0 radical (unpaired) electrons. The first-order chi connectivity index (χ1) is 16.5. The van der Waals surface area contributed by atoms with Gasteiger partial charge in [-0.25, -0.2) is 0 Å². The van der Waals surface area contributed by atoms with Crippen LogP contribution in [0, 0.1) is 0 Å². The summed E-state index contributed by atoms with van der Waals surface area (Å²) in [4.78, 5) is 26.0. The molecule has 1 heterocycles. The molecule has 6 nitrogen and oxygen atoms in total. The van der Waals surface area contributed by atoms with E-state index in [2.05, 4.69) is 20.8 Å². The van der Waals surface area contributed by atoms with Crippen LogP contribution >= 0.6 is 34.5 Å². The molecule has 2 N–H and O–H groups in total. The summed E-state index contributed by atoms with van der Waals surface area (Å²) in [7, 11) is 0. The third kappa shape index (κ3) is 6.20. The minimum atomic E-state index is -0.926. The lowest BCUT2D eigenvalue weighted by molar-refractivity contribution is -0.126. The average molecular weight is 511 g/mol. The molecule has 1 aromatic heterocycles. The Kier molecular flexibility index (Phi) is 7.90. The molecule has 0 spiro atoms. The number of aromatic nitrogens is 2. The number of nitrogens with one attached hydrogen (secondary N) is 2. The molecule has 34 heavy (non-hydrogen) atoms. The summed E-state index contributed by atoms with van der Waals surface area (Å²) >= 11 is 13.6. The fourth-order valence-corrected chi connectivity index (χ4v) is 4.34. The van der Waals surface area contributed by atoms with Crippen LogP contribution in [0.25, 0.3) is 10.6 Å². The van der Waals surface area contributed by atoms with E-state index in [-0.39, 0.29) is 0 Å². The van der Waals surface area contributed by atoms with Crippen molar-refractivity contribution in [1.29, 1.82) is 0 Å². The van der Waals surface area contributed by atoms with Crippen molar-refractivity contribution in [3.05, 3.63) is 101 Å². The number of anilines is 1. The minimum absolute atomic E-state index is 0.291. The topological polar surface area (TPSA) is 84.0 Å². The van der Waals surface area contributed by atoms with Gasteiger partial charge in [-0.3, -0.25) is 14.9 Å². The zero-order chi connectivity index (χ0) is 23.9. The molecule has 0 fully saturated rings. The molecule has 0 unspecified atom stereocenters. The van der Waals surface area contributed by atoms with Crippen LogP contribution in [0.2, 0.25) is 5.02 Å². The van der Waals surface area contributed by atoms with Crippen molar-refractivity contribution in [3.8, 4) is 10.6 Å². The van der Waals surface area contributed by atoms with Gasteiger partial charge in [0, 0.05) is 17.0 Å². The Morgan fingerprint density at radius 2 is 1.50 bits per heavy atom. The van der Waals surface area contributed by atoms with E-state index in [9.17, 15) is 9.59 Å². The van der Waals surface area contributed by atoms with Gasteiger partial charge in [0.25, 0.3) is 0 Å². The zero-order valence-corrected chi connectivity index (χ0v) is 20.1. The molecule has 9 heteroatoms. The molecule has 2 atom stereocenters. The van der Waals surface area contributed by atoms with E-state index in [1.807, 2.05) is 48.5 Å². The molecule has 0 saturated heterocycles. The van der Waals surface area contributed by atoms with Gasteiger partial charge in [0.1, 0.15) is 16.4 Å². The van der Waals surface area contributed by atoms with Gasteiger partial charge >= 0.3 is 0 Å². The number of carbonyl (C=O) groups is 2. The number of hydrogen-bond donors (Lipinski definition) is 2. The van der Waals surface area contributed by atoms with E-state index in [0.29, 0.717) is 27.1 Å². The van der Waals surface area contributed by atoms with E-state index in [4.69, 9.17) is 23.2 Å². The second kappa shape index (κ2) is 11.2. The lowest BCUT2D eigenvalue weighted by atomic mass is 10.0. The van der Waals surface area contributed by atoms with Gasteiger partial charge in [0.15, 0.2) is 0 Å². The number of rotatable bonds is 8. The standard InChI is InChI=1S/C25H20Cl2N4O2S/c26-19-13-11-18(12-14-19)24-30-31-25(34-24)29-22(32)20(15-16-7-3-1-4-8-16)28-23(33)21(27)17-9-5-2-6-10-17/h1-14,20-21H,15H2,(H,28,33)(H,29,31,32)/t20-,21+/m0/s1. The van der Waals surface area contributed by atoms with Gasteiger partial charge in [0.05, 0.1) is 0 Å². The van der Waals surface area contributed by atoms with Crippen LogP contribution in [-0.2, 0) is 16.0 Å². The van der Waals surface area contributed by atoms with Crippen LogP contribution in [-0.4, -0.2) is 28.1 Å². The Labute approximate surface area is 211 Å². The van der Waals surface area contributed by atoms with Crippen LogP contribution in [0.3, 0.4) is 0 Å². The van der Waals surface area contributed by atoms with Gasteiger partial charge in [-0.1, -0.05) is 95.7 Å². The van der Waals surface area contributed by atoms with Crippen molar-refractivity contribution in [2.24, 2.45) is 0 Å². The highest BCUT2D eigenvalue weighted by Crippen LogP contribution is 2.27. The van der Waals surface area contributed by atoms with Gasteiger partial charge in [-0.2, -0.15) is 0 Å². The first-order valence-electron chi connectivity index (χ1n) is 10.4. The van der Waals surface area contributed by atoms with Crippen molar-refractivity contribution >= 4 is 51.5 Å². The SMILES string of the molecule is O=C(Nc1nnc(-c2ccc(Cl)cc2)s1)[C@H](Cc1ccccc1)NC(=O)[C@H](Cl)c1ccccc1. The molecule has 0 aliphatic heterocycles. The summed E-state index contributed by atoms with van der Waals surface area (Å²) < 4.78 is 0. The minimum Gasteiger partial charge on any atom is -0.342 e. The molecule has 0 bridgehead atoms. The number of halogens is 2. The van der Waals surface area contributed by atoms with Crippen molar-refractivity contribution in [2.45, 2.75) is 17.8 Å². The quantitative estimate of drug-likeness (QED) is 0.306. The van der Waals surface area contributed by atoms with Gasteiger partial charge in [0.2, 0.25) is 16.9 Å². The van der Waals surface area contributed by atoms with E-state index >= 15 is 0 Å². The van der Waals surface area contributed by atoms with Crippen molar-refractivity contribution in [1.82, 2.24) is 15.5 Å². The Morgan fingerprint density at radius 1 is 0.853 bits per heavy atom. The smallest absolute Gasteiger partial charge is 0.249 e. The number of alkyl halides is 1. The molecule has 0 aliphatic carbocycles. The number of benzene rings is 3. The van der Waals surface area contributed by atoms with E-state index in [0.717, 1.165) is 11.1 Å². The number of carbonyl (C=O) groups excluding carboxylic acids is 2. The average Bonchev–Trinajstić information content (AvgIpc) is 3.33. The zero-order valence-electron chi connectivity index (χ0n) is 17.8. The van der Waals surface area contributed by atoms with E-state index in [1.54, 1.807) is 36.4 Å². The van der Waals surface area contributed by atoms with Crippen LogP contribution in [0.4, 0.5) is 5.13 Å². The molecular weight excluding hydrogens is 491 g/mol. The number of hydrogen-bond acceptors (Lipinski definition) is 5. The fourth-order valence-electron chi connectivity index (χ4n) is 3.25. The highest BCUT2D eigenvalue weighted by molar-refractivity contribution is 7.18. The Morgan fingerprint density at radius 3 is 2.18 bits per heavy atom. The maximum atomic E-state index is 13.2. The van der Waals surface area contributed by atoms with Gasteiger partial charge in [-0.15, -0.1) is 21.8 Å². The first kappa shape index (κ1) is 23.9. The number of amides is 2. The Hall–Kier alpha value is -3.26. The molecule has 3 aromatic carbocycles. The fraction of sp³-hybridized carbons (Fsp3) is 0.120. The van der Waals surface area contributed by atoms with Crippen molar-refractivity contribution < 1.29 is 9.59 Å². The molecule has 4 rings (SSSR count). The normalized spacial score (nSPS) is 12.5.